The van der Waals surface area contributed by atoms with Crippen LogP contribution in [0.3, 0.4) is 0 Å². The number of halogens is 1. The van der Waals surface area contributed by atoms with Crippen molar-refractivity contribution in [3.8, 4) is 5.75 Å². The smallest absolute Gasteiger partial charge is 0.164 e. The van der Waals surface area contributed by atoms with E-state index in [0.717, 1.165) is 44.0 Å². The van der Waals surface area contributed by atoms with Crippen molar-refractivity contribution in [1.29, 1.82) is 0 Å². The van der Waals surface area contributed by atoms with Crippen LogP contribution in [0.25, 0.3) is 0 Å². The lowest BCUT2D eigenvalue weighted by atomic mass is 10.1. The third kappa shape index (κ3) is 9.05. The van der Waals surface area contributed by atoms with Crippen LogP contribution in [0.1, 0.15) is 81.5 Å². The second-order valence-electron chi connectivity index (χ2n) is 7.22. The molecule has 0 bridgehead atoms. The lowest BCUT2D eigenvalue weighted by Gasteiger charge is -2.25. The van der Waals surface area contributed by atoms with Crippen LogP contribution in [0.15, 0.2) is 24.3 Å². The number of carbonyl (C=O) groups is 1. The molecule has 0 N–H and O–H groups in total. The van der Waals surface area contributed by atoms with Crippen molar-refractivity contribution in [3.63, 3.8) is 0 Å². The third-order valence-corrected chi connectivity index (χ3v) is 5.05. The van der Waals surface area contributed by atoms with E-state index in [9.17, 15) is 4.79 Å². The summed E-state index contributed by atoms with van der Waals surface area (Å²) in [5.41, 5.74) is 0.809. The van der Waals surface area contributed by atoms with Gasteiger partial charge in [-0.1, -0.05) is 45.4 Å². The van der Waals surface area contributed by atoms with Crippen LogP contribution in [0.2, 0.25) is 0 Å². The summed E-state index contributed by atoms with van der Waals surface area (Å²) in [6.45, 7) is 6.21. The van der Waals surface area contributed by atoms with E-state index in [1.807, 2.05) is 24.3 Å². The molecule has 0 unspecified atom stereocenters. The normalized spacial score (nSPS) is 14.7. The SMILES string of the molecule is CCCCCCCCOc1ccc(C(=O)CCN2CCCCC2)cc1.Cl. The van der Waals surface area contributed by atoms with Crippen LogP contribution >= 0.6 is 12.4 Å². The number of ether oxygens (including phenoxy) is 1. The molecule has 2 rings (SSSR count). The molecule has 1 aliphatic heterocycles. The zero-order valence-electron chi connectivity index (χ0n) is 16.4. The van der Waals surface area contributed by atoms with Gasteiger partial charge >= 0.3 is 0 Å². The fraction of sp³-hybridized carbons (Fsp3) is 0.682. The Morgan fingerprint density at radius 3 is 2.31 bits per heavy atom. The van der Waals surface area contributed by atoms with Crippen LogP contribution < -0.4 is 4.74 Å². The number of rotatable bonds is 12. The summed E-state index contributed by atoms with van der Waals surface area (Å²) >= 11 is 0. The van der Waals surface area contributed by atoms with Crippen LogP contribution in [0.5, 0.6) is 5.75 Å². The van der Waals surface area contributed by atoms with Gasteiger partial charge in [0.15, 0.2) is 5.78 Å². The highest BCUT2D eigenvalue weighted by Crippen LogP contribution is 2.15. The summed E-state index contributed by atoms with van der Waals surface area (Å²) in [6.07, 6.45) is 12.1. The molecule has 1 aliphatic rings. The van der Waals surface area contributed by atoms with Crippen LogP contribution in [0.4, 0.5) is 0 Å². The van der Waals surface area contributed by atoms with E-state index in [2.05, 4.69) is 11.8 Å². The molecular formula is C22H36ClNO2. The fourth-order valence-corrected chi connectivity index (χ4v) is 3.40. The number of nitrogens with zero attached hydrogens (tertiary/aromatic N) is 1. The highest BCUT2D eigenvalue weighted by atomic mass is 35.5. The molecular weight excluding hydrogens is 346 g/mol. The van der Waals surface area contributed by atoms with Gasteiger partial charge in [-0.2, -0.15) is 0 Å². The zero-order chi connectivity index (χ0) is 17.7. The highest BCUT2D eigenvalue weighted by Gasteiger charge is 2.12. The number of carbonyl (C=O) groups excluding carboxylic acids is 1. The zero-order valence-corrected chi connectivity index (χ0v) is 17.2. The van der Waals surface area contributed by atoms with Crippen LogP contribution in [-0.4, -0.2) is 36.9 Å². The summed E-state index contributed by atoms with van der Waals surface area (Å²) in [7, 11) is 0. The molecule has 1 aromatic rings. The van der Waals surface area contributed by atoms with Crippen molar-refractivity contribution in [2.75, 3.05) is 26.2 Å². The Kier molecular flexibility index (Phi) is 12.4. The largest absolute Gasteiger partial charge is 0.494 e. The standard InChI is InChI=1S/C22H35NO2.ClH/c1-2-3-4-5-6-10-19-25-21-13-11-20(12-14-21)22(24)15-18-23-16-8-7-9-17-23;/h11-14H,2-10,15-19H2,1H3;1H. The number of unbranched alkanes of at least 4 members (excludes halogenated alkanes) is 5. The van der Waals surface area contributed by atoms with E-state index in [-0.39, 0.29) is 18.2 Å². The summed E-state index contributed by atoms with van der Waals surface area (Å²) in [4.78, 5) is 14.7. The van der Waals surface area contributed by atoms with E-state index in [1.54, 1.807) is 0 Å². The second-order valence-corrected chi connectivity index (χ2v) is 7.22. The molecule has 1 saturated heterocycles. The molecule has 0 amide bonds. The lowest BCUT2D eigenvalue weighted by molar-refractivity contribution is 0.0958. The van der Waals surface area contributed by atoms with Gasteiger partial charge in [0.2, 0.25) is 0 Å². The van der Waals surface area contributed by atoms with Gasteiger partial charge in [0.1, 0.15) is 5.75 Å². The Morgan fingerprint density at radius 1 is 0.962 bits per heavy atom. The number of hydrogen-bond acceptors (Lipinski definition) is 3. The molecule has 1 aromatic carbocycles. The topological polar surface area (TPSA) is 29.5 Å². The lowest BCUT2D eigenvalue weighted by Crippen LogP contribution is -2.31. The Bertz CT molecular complexity index is 483. The number of piperidine rings is 1. The molecule has 0 radical (unpaired) electrons. The third-order valence-electron chi connectivity index (χ3n) is 5.05. The summed E-state index contributed by atoms with van der Waals surface area (Å²) in [5, 5.41) is 0. The minimum absolute atomic E-state index is 0. The Labute approximate surface area is 165 Å². The van der Waals surface area contributed by atoms with E-state index >= 15 is 0 Å². The van der Waals surface area contributed by atoms with E-state index in [4.69, 9.17) is 4.74 Å². The van der Waals surface area contributed by atoms with Gasteiger partial charge < -0.3 is 9.64 Å². The monoisotopic (exact) mass is 381 g/mol. The first kappa shape index (κ1) is 23.0. The molecule has 0 saturated carbocycles. The van der Waals surface area contributed by atoms with Crippen molar-refractivity contribution in [2.24, 2.45) is 0 Å². The quantitative estimate of drug-likeness (QED) is 0.333. The minimum Gasteiger partial charge on any atom is -0.494 e. The number of benzene rings is 1. The molecule has 0 aliphatic carbocycles. The maximum absolute atomic E-state index is 12.3. The van der Waals surface area contributed by atoms with Crippen molar-refractivity contribution in [1.82, 2.24) is 4.90 Å². The van der Waals surface area contributed by atoms with Gasteiger partial charge in [-0.15, -0.1) is 12.4 Å². The molecule has 3 nitrogen and oxygen atoms in total. The van der Waals surface area contributed by atoms with Gasteiger partial charge in [0, 0.05) is 18.5 Å². The molecule has 1 heterocycles. The highest BCUT2D eigenvalue weighted by molar-refractivity contribution is 5.96. The van der Waals surface area contributed by atoms with Crippen molar-refractivity contribution >= 4 is 18.2 Å². The first-order chi connectivity index (χ1) is 12.3. The van der Waals surface area contributed by atoms with Gasteiger partial charge in [-0.05, 0) is 56.6 Å². The number of Topliss-reactive ketones (excluding diaryl/α,β-unsaturated/α-hetero) is 1. The fourth-order valence-electron chi connectivity index (χ4n) is 3.40. The molecule has 148 valence electrons. The maximum Gasteiger partial charge on any atom is 0.164 e. The maximum atomic E-state index is 12.3. The molecule has 0 aromatic heterocycles. The first-order valence-electron chi connectivity index (χ1n) is 10.3. The summed E-state index contributed by atoms with van der Waals surface area (Å²) in [6, 6.07) is 7.70. The van der Waals surface area contributed by atoms with E-state index < -0.39 is 0 Å². The molecule has 26 heavy (non-hydrogen) atoms. The van der Waals surface area contributed by atoms with Gasteiger partial charge in [0.05, 0.1) is 6.61 Å². The Morgan fingerprint density at radius 2 is 1.62 bits per heavy atom. The molecule has 0 atom stereocenters. The van der Waals surface area contributed by atoms with Crippen molar-refractivity contribution in [3.05, 3.63) is 29.8 Å². The number of likely N-dealkylation sites (tertiary alicyclic amines) is 1. The second kappa shape index (κ2) is 14.1. The number of hydrogen-bond donors (Lipinski definition) is 0. The van der Waals surface area contributed by atoms with Crippen molar-refractivity contribution in [2.45, 2.75) is 71.1 Å². The van der Waals surface area contributed by atoms with E-state index in [1.165, 1.54) is 51.4 Å². The van der Waals surface area contributed by atoms with Gasteiger partial charge in [-0.25, -0.2) is 0 Å². The van der Waals surface area contributed by atoms with Gasteiger partial charge in [0.25, 0.3) is 0 Å². The van der Waals surface area contributed by atoms with Crippen LogP contribution in [0, 0.1) is 0 Å². The summed E-state index contributed by atoms with van der Waals surface area (Å²) < 4.78 is 5.78. The number of ketones is 1. The Hall–Kier alpha value is -1.06. The average Bonchev–Trinajstić information content (AvgIpc) is 2.67. The van der Waals surface area contributed by atoms with E-state index in [0.29, 0.717) is 6.42 Å². The first-order valence-corrected chi connectivity index (χ1v) is 10.3. The Balaban J connectivity index is 0.00000338. The predicted molar refractivity (Wildman–Crippen MR) is 112 cm³/mol. The predicted octanol–water partition coefficient (Wildman–Crippen LogP) is 5.91. The average molecular weight is 382 g/mol. The van der Waals surface area contributed by atoms with Crippen LogP contribution in [-0.2, 0) is 0 Å². The molecule has 1 fully saturated rings. The van der Waals surface area contributed by atoms with Gasteiger partial charge in [-0.3, -0.25) is 4.79 Å². The molecule has 4 heteroatoms. The minimum atomic E-state index is 0. The van der Waals surface area contributed by atoms with Crippen molar-refractivity contribution < 1.29 is 9.53 Å². The molecule has 0 spiro atoms. The summed E-state index contributed by atoms with van der Waals surface area (Å²) in [5.74, 6) is 1.12.